The topological polar surface area (TPSA) is 54.0 Å². The van der Waals surface area contributed by atoms with Gasteiger partial charge in [-0.15, -0.1) is 0 Å². The van der Waals surface area contributed by atoms with Gasteiger partial charge in [-0.25, -0.2) is 0 Å². The number of unbranched alkanes of at least 4 members (excludes halogenated alkanes) is 2. The molecule has 0 aromatic heterocycles. The molecule has 0 aliphatic carbocycles. The van der Waals surface area contributed by atoms with E-state index in [0.717, 1.165) is 38.5 Å². The number of hydrogen-bond acceptors (Lipinski definition) is 5. The van der Waals surface area contributed by atoms with Crippen LogP contribution >= 0.6 is 0 Å². The van der Waals surface area contributed by atoms with Crippen molar-refractivity contribution in [2.75, 3.05) is 13.2 Å². The molecule has 0 atom stereocenters. The Morgan fingerprint density at radius 2 is 1.14 bits per heavy atom. The van der Waals surface area contributed by atoms with Gasteiger partial charge in [0.15, 0.2) is 0 Å². The maximum atomic E-state index is 11.3. The molecular formula is C17H34O5. The molecule has 0 aromatic carbocycles. The summed E-state index contributed by atoms with van der Waals surface area (Å²) >= 11 is 0. The summed E-state index contributed by atoms with van der Waals surface area (Å²) in [5.74, 6) is 0. The van der Waals surface area contributed by atoms with Crippen LogP contribution in [0.4, 0.5) is 4.79 Å². The lowest BCUT2D eigenvalue weighted by atomic mass is 9.88. The molecule has 0 unspecified atom stereocenters. The zero-order valence-corrected chi connectivity index (χ0v) is 15.2. The highest BCUT2D eigenvalue weighted by atomic mass is 17.3. The lowest BCUT2D eigenvalue weighted by Crippen LogP contribution is -2.23. The molecule has 132 valence electrons. The summed E-state index contributed by atoms with van der Waals surface area (Å²) in [5, 5.41) is 0. The number of hydrogen-bond donors (Lipinski definition) is 0. The van der Waals surface area contributed by atoms with E-state index in [-0.39, 0.29) is 10.8 Å². The van der Waals surface area contributed by atoms with E-state index in [4.69, 9.17) is 9.78 Å². The van der Waals surface area contributed by atoms with Crippen LogP contribution in [0.25, 0.3) is 0 Å². The maximum Gasteiger partial charge on any atom is 0.573 e. The third-order valence-electron chi connectivity index (χ3n) is 3.57. The lowest BCUT2D eigenvalue weighted by Gasteiger charge is -2.23. The van der Waals surface area contributed by atoms with Crippen LogP contribution in [0.2, 0.25) is 0 Å². The van der Waals surface area contributed by atoms with E-state index in [0.29, 0.717) is 13.2 Å². The molecular weight excluding hydrogens is 284 g/mol. The number of carbonyl (C=O) groups is 1. The highest BCUT2D eigenvalue weighted by molar-refractivity contribution is 5.58. The van der Waals surface area contributed by atoms with E-state index in [9.17, 15) is 4.79 Å². The minimum atomic E-state index is -0.961. The first kappa shape index (κ1) is 21.2. The molecule has 0 rings (SSSR count). The van der Waals surface area contributed by atoms with Crippen molar-refractivity contribution in [2.45, 2.75) is 80.1 Å². The first-order valence-corrected chi connectivity index (χ1v) is 8.35. The summed E-state index contributed by atoms with van der Waals surface area (Å²) in [7, 11) is 0. The van der Waals surface area contributed by atoms with Crippen molar-refractivity contribution in [3.8, 4) is 0 Å². The second kappa shape index (κ2) is 10.8. The lowest BCUT2D eigenvalue weighted by molar-refractivity contribution is -0.331. The summed E-state index contributed by atoms with van der Waals surface area (Å²) in [6.07, 6.45) is 5.58. The van der Waals surface area contributed by atoms with Gasteiger partial charge in [-0.3, -0.25) is 9.78 Å². The molecule has 0 bridgehead atoms. The molecule has 22 heavy (non-hydrogen) atoms. The molecule has 0 spiro atoms. The van der Waals surface area contributed by atoms with Gasteiger partial charge in [0, 0.05) is 0 Å². The van der Waals surface area contributed by atoms with Gasteiger partial charge >= 0.3 is 6.16 Å². The molecule has 0 saturated heterocycles. The standard InChI is InChI=1S/C17H34O5/c1-7-9-11-16(3,4)13-19-21-15(18)22-20-14-17(5,6)12-10-8-2/h7-14H2,1-6H3. The monoisotopic (exact) mass is 318 g/mol. The first-order valence-electron chi connectivity index (χ1n) is 8.35. The fourth-order valence-corrected chi connectivity index (χ4v) is 1.94. The Balaban J connectivity index is 3.78. The van der Waals surface area contributed by atoms with Crippen molar-refractivity contribution in [3.05, 3.63) is 0 Å². The van der Waals surface area contributed by atoms with Crippen molar-refractivity contribution in [1.82, 2.24) is 0 Å². The second-order valence-corrected chi connectivity index (χ2v) is 7.48. The van der Waals surface area contributed by atoms with Crippen LogP contribution in [0.15, 0.2) is 0 Å². The fourth-order valence-electron chi connectivity index (χ4n) is 1.94. The third-order valence-corrected chi connectivity index (χ3v) is 3.57. The summed E-state index contributed by atoms with van der Waals surface area (Å²) < 4.78 is 0. The van der Waals surface area contributed by atoms with Crippen LogP contribution < -0.4 is 0 Å². The van der Waals surface area contributed by atoms with Gasteiger partial charge < -0.3 is 0 Å². The Labute approximate surface area is 135 Å². The van der Waals surface area contributed by atoms with Crippen molar-refractivity contribution in [1.29, 1.82) is 0 Å². The molecule has 0 heterocycles. The van der Waals surface area contributed by atoms with Crippen LogP contribution in [0.5, 0.6) is 0 Å². The van der Waals surface area contributed by atoms with E-state index in [2.05, 4.69) is 51.3 Å². The molecule has 0 saturated carbocycles. The Morgan fingerprint density at radius 3 is 1.45 bits per heavy atom. The minimum Gasteiger partial charge on any atom is -0.257 e. The van der Waals surface area contributed by atoms with Gasteiger partial charge in [0.1, 0.15) is 0 Å². The maximum absolute atomic E-state index is 11.3. The molecule has 0 aliphatic rings. The summed E-state index contributed by atoms with van der Waals surface area (Å²) in [5.41, 5.74) is -0.0570. The van der Waals surface area contributed by atoms with Crippen molar-refractivity contribution < 1.29 is 24.3 Å². The zero-order valence-electron chi connectivity index (χ0n) is 15.2. The quantitative estimate of drug-likeness (QED) is 0.354. The second-order valence-electron chi connectivity index (χ2n) is 7.48. The average Bonchev–Trinajstić information content (AvgIpc) is 2.42. The highest BCUT2D eigenvalue weighted by Gasteiger charge is 2.21. The summed E-state index contributed by atoms with van der Waals surface area (Å²) in [6.45, 7) is 13.3. The normalized spacial score (nSPS) is 12.3. The summed E-state index contributed by atoms with van der Waals surface area (Å²) in [6, 6.07) is 0. The van der Waals surface area contributed by atoms with Gasteiger partial charge in [0.2, 0.25) is 0 Å². The molecule has 0 aromatic rings. The van der Waals surface area contributed by atoms with Crippen LogP contribution in [0.3, 0.4) is 0 Å². The molecule has 0 amide bonds. The smallest absolute Gasteiger partial charge is 0.257 e. The van der Waals surface area contributed by atoms with Gasteiger partial charge in [0.05, 0.1) is 13.2 Å². The predicted octanol–water partition coefficient (Wildman–Crippen LogP) is 5.44. The fraction of sp³-hybridized carbons (Fsp3) is 0.941. The van der Waals surface area contributed by atoms with Crippen LogP contribution in [-0.4, -0.2) is 19.4 Å². The SMILES string of the molecule is CCCCC(C)(C)COOC(=O)OOCC(C)(C)CCCC. The average molecular weight is 318 g/mol. The van der Waals surface area contributed by atoms with Crippen molar-refractivity contribution >= 4 is 6.16 Å². The number of carbonyl (C=O) groups excluding carboxylic acids is 1. The molecule has 0 N–H and O–H groups in total. The van der Waals surface area contributed by atoms with Crippen molar-refractivity contribution in [3.63, 3.8) is 0 Å². The van der Waals surface area contributed by atoms with E-state index < -0.39 is 6.16 Å². The van der Waals surface area contributed by atoms with Gasteiger partial charge in [-0.2, -0.15) is 14.6 Å². The predicted molar refractivity (Wildman–Crippen MR) is 86.1 cm³/mol. The molecule has 0 fully saturated rings. The molecule has 5 heteroatoms. The van der Waals surface area contributed by atoms with E-state index in [1.807, 2.05) is 0 Å². The Hall–Kier alpha value is -0.810. The van der Waals surface area contributed by atoms with Gasteiger partial charge in [0.25, 0.3) is 0 Å². The van der Waals surface area contributed by atoms with E-state index >= 15 is 0 Å². The Bertz CT molecular complexity index is 271. The molecule has 0 aliphatic heterocycles. The third kappa shape index (κ3) is 11.8. The molecule has 0 radical (unpaired) electrons. The van der Waals surface area contributed by atoms with Gasteiger partial charge in [-0.1, -0.05) is 67.2 Å². The van der Waals surface area contributed by atoms with Crippen LogP contribution in [-0.2, 0) is 19.6 Å². The van der Waals surface area contributed by atoms with E-state index in [1.165, 1.54) is 0 Å². The van der Waals surface area contributed by atoms with Crippen molar-refractivity contribution in [2.24, 2.45) is 10.8 Å². The summed E-state index contributed by atoms with van der Waals surface area (Å²) in [4.78, 5) is 30.4. The number of rotatable bonds is 12. The first-order chi connectivity index (χ1) is 10.2. The molecule has 5 nitrogen and oxygen atoms in total. The van der Waals surface area contributed by atoms with E-state index in [1.54, 1.807) is 0 Å². The minimum absolute atomic E-state index is 0.0285. The van der Waals surface area contributed by atoms with Crippen LogP contribution in [0, 0.1) is 10.8 Å². The van der Waals surface area contributed by atoms with Crippen LogP contribution in [0.1, 0.15) is 80.1 Å². The zero-order chi connectivity index (χ0) is 17.1. The highest BCUT2D eigenvalue weighted by Crippen LogP contribution is 2.24. The van der Waals surface area contributed by atoms with Gasteiger partial charge in [-0.05, 0) is 23.7 Å². The largest absolute Gasteiger partial charge is 0.573 e. The Kier molecular flexibility index (Phi) is 10.4. The Morgan fingerprint density at radius 1 is 0.773 bits per heavy atom.